The minimum absolute atomic E-state index is 0.0302. The van der Waals surface area contributed by atoms with E-state index in [1.54, 1.807) is 13.0 Å². The Kier molecular flexibility index (Phi) is 7.15. The van der Waals surface area contributed by atoms with Crippen LogP contribution >= 0.6 is 34.4 Å². The van der Waals surface area contributed by atoms with Crippen LogP contribution in [-0.2, 0) is 9.59 Å². The normalized spacial score (nSPS) is 15.0. The number of aromatic hydroxyl groups is 1. The zero-order valence-electron chi connectivity index (χ0n) is 15.9. The molecule has 0 bridgehead atoms. The Balaban J connectivity index is 1.75. The highest BCUT2D eigenvalue weighted by molar-refractivity contribution is 14.1. The predicted octanol–water partition coefficient (Wildman–Crippen LogP) is 4.35. The Hall–Kier alpha value is -2.67. The number of benzene rings is 2. The third kappa shape index (κ3) is 5.34. The summed E-state index contributed by atoms with van der Waals surface area (Å²) in [6.45, 7) is 1.46. The molecule has 7 nitrogen and oxygen atoms in total. The summed E-state index contributed by atoms with van der Waals surface area (Å²) < 4.78 is 32.5. The van der Waals surface area contributed by atoms with Crippen LogP contribution in [0.25, 0.3) is 6.08 Å². The number of thioether (sulfide) groups is 1. The van der Waals surface area contributed by atoms with Crippen molar-refractivity contribution < 1.29 is 33.0 Å². The van der Waals surface area contributed by atoms with Gasteiger partial charge in [-0.3, -0.25) is 19.3 Å². The molecular formula is C20H15F2IN2O5S. The van der Waals surface area contributed by atoms with E-state index in [2.05, 4.69) is 5.32 Å². The topological polar surface area (TPSA) is 95.9 Å². The van der Waals surface area contributed by atoms with E-state index in [4.69, 9.17) is 4.74 Å². The Bertz CT molecular complexity index is 1110. The van der Waals surface area contributed by atoms with Crippen LogP contribution in [0.3, 0.4) is 0 Å². The molecule has 162 valence electrons. The van der Waals surface area contributed by atoms with Crippen LogP contribution in [0.15, 0.2) is 35.2 Å². The number of anilines is 1. The number of hydrogen-bond acceptors (Lipinski definition) is 6. The van der Waals surface area contributed by atoms with Gasteiger partial charge in [-0.15, -0.1) is 0 Å². The minimum atomic E-state index is -0.977. The maximum Gasteiger partial charge on any atom is 0.294 e. The maximum atomic E-state index is 13.7. The van der Waals surface area contributed by atoms with Gasteiger partial charge in [0.05, 0.1) is 20.8 Å². The third-order valence-corrected chi connectivity index (χ3v) is 5.76. The Labute approximate surface area is 193 Å². The third-order valence-electron chi connectivity index (χ3n) is 4.03. The standard InChI is InChI=1S/C20H15F2IN2O5S/c1-2-30-15-6-10(5-13(23)18(15)27)7-16-19(28)25(20(29)31-16)9-17(26)24-14-4-3-11(21)8-12(14)22/h3-8,27H,2,9H2,1H3,(H,24,26)/b16-7+. The number of amides is 3. The fraction of sp³-hybridized carbons (Fsp3) is 0.150. The summed E-state index contributed by atoms with van der Waals surface area (Å²) in [4.78, 5) is 37.8. The molecule has 0 aliphatic carbocycles. The molecule has 3 rings (SSSR count). The van der Waals surface area contributed by atoms with Crippen LogP contribution in [0.1, 0.15) is 12.5 Å². The minimum Gasteiger partial charge on any atom is -0.504 e. The summed E-state index contributed by atoms with van der Waals surface area (Å²) >= 11 is 2.56. The lowest BCUT2D eigenvalue weighted by molar-refractivity contribution is -0.127. The first-order valence-corrected chi connectivity index (χ1v) is 10.7. The molecule has 1 fully saturated rings. The molecule has 0 aromatic heterocycles. The van der Waals surface area contributed by atoms with Crippen LogP contribution in [0, 0.1) is 15.2 Å². The van der Waals surface area contributed by atoms with Crippen LogP contribution in [-0.4, -0.2) is 40.2 Å². The summed E-state index contributed by atoms with van der Waals surface area (Å²) in [5.74, 6) is -3.08. The van der Waals surface area contributed by atoms with Gasteiger partial charge in [-0.2, -0.15) is 0 Å². The summed E-state index contributed by atoms with van der Waals surface area (Å²) in [7, 11) is 0. The lowest BCUT2D eigenvalue weighted by atomic mass is 10.2. The van der Waals surface area contributed by atoms with Gasteiger partial charge in [-0.1, -0.05) is 0 Å². The van der Waals surface area contributed by atoms with E-state index in [-0.39, 0.29) is 22.1 Å². The van der Waals surface area contributed by atoms with Gasteiger partial charge in [0.1, 0.15) is 18.2 Å². The van der Waals surface area contributed by atoms with Gasteiger partial charge in [0.2, 0.25) is 5.91 Å². The molecule has 0 saturated carbocycles. The number of halogens is 3. The van der Waals surface area contributed by atoms with E-state index in [0.29, 0.717) is 33.6 Å². The van der Waals surface area contributed by atoms with Crippen LogP contribution in [0.5, 0.6) is 11.5 Å². The number of carbonyl (C=O) groups is 3. The van der Waals surface area contributed by atoms with Crippen molar-refractivity contribution in [3.8, 4) is 11.5 Å². The van der Waals surface area contributed by atoms with Crippen LogP contribution in [0.4, 0.5) is 19.3 Å². The molecule has 1 heterocycles. The fourth-order valence-electron chi connectivity index (χ4n) is 2.65. The van der Waals surface area contributed by atoms with Crippen LogP contribution < -0.4 is 10.1 Å². The Morgan fingerprint density at radius 3 is 2.71 bits per heavy atom. The number of rotatable bonds is 6. The van der Waals surface area contributed by atoms with E-state index in [0.717, 1.165) is 17.0 Å². The average molecular weight is 560 g/mol. The second kappa shape index (κ2) is 9.64. The molecular weight excluding hydrogens is 545 g/mol. The first-order chi connectivity index (χ1) is 14.7. The van der Waals surface area contributed by atoms with Gasteiger partial charge >= 0.3 is 0 Å². The number of phenols is 1. The number of nitrogens with one attached hydrogen (secondary N) is 1. The van der Waals surface area contributed by atoms with E-state index in [1.807, 2.05) is 22.6 Å². The average Bonchev–Trinajstić information content (AvgIpc) is 2.95. The van der Waals surface area contributed by atoms with Crippen LogP contribution in [0.2, 0.25) is 0 Å². The Morgan fingerprint density at radius 2 is 2.03 bits per heavy atom. The molecule has 0 spiro atoms. The summed E-state index contributed by atoms with van der Waals surface area (Å²) in [6, 6.07) is 5.75. The number of phenolic OH excluding ortho intramolecular Hbond substituents is 1. The number of imide groups is 1. The van der Waals surface area contributed by atoms with Gasteiger partial charge in [0.15, 0.2) is 11.5 Å². The van der Waals surface area contributed by atoms with Crippen molar-refractivity contribution in [1.82, 2.24) is 4.90 Å². The van der Waals surface area contributed by atoms with E-state index in [9.17, 15) is 28.3 Å². The lowest BCUT2D eigenvalue weighted by Gasteiger charge is -2.13. The molecule has 2 aromatic rings. The first-order valence-electron chi connectivity index (χ1n) is 8.85. The monoisotopic (exact) mass is 560 g/mol. The highest BCUT2D eigenvalue weighted by Crippen LogP contribution is 2.36. The molecule has 0 radical (unpaired) electrons. The summed E-state index contributed by atoms with van der Waals surface area (Å²) in [5, 5.41) is 11.6. The van der Waals surface area contributed by atoms with Crippen molar-refractivity contribution in [1.29, 1.82) is 0 Å². The molecule has 0 atom stereocenters. The fourth-order valence-corrected chi connectivity index (χ4v) is 4.12. The van der Waals surface area contributed by atoms with Gasteiger partial charge in [-0.05, 0) is 77.2 Å². The first kappa shape index (κ1) is 23.0. The van der Waals surface area contributed by atoms with Crippen molar-refractivity contribution in [3.05, 3.63) is 56.0 Å². The zero-order valence-corrected chi connectivity index (χ0v) is 18.9. The number of hydrogen-bond donors (Lipinski definition) is 2. The number of ether oxygens (including phenoxy) is 1. The largest absolute Gasteiger partial charge is 0.504 e. The SMILES string of the molecule is CCOc1cc(/C=C2/SC(=O)N(CC(=O)Nc3ccc(F)cc3F)C2=O)cc(I)c1O. The molecule has 11 heteroatoms. The van der Waals surface area contributed by atoms with E-state index in [1.165, 1.54) is 12.1 Å². The molecule has 1 aliphatic rings. The predicted molar refractivity (Wildman–Crippen MR) is 120 cm³/mol. The molecule has 0 unspecified atom stereocenters. The Morgan fingerprint density at radius 1 is 1.29 bits per heavy atom. The smallest absolute Gasteiger partial charge is 0.294 e. The van der Waals surface area contributed by atoms with Gasteiger partial charge in [0.25, 0.3) is 11.1 Å². The van der Waals surface area contributed by atoms with Crippen molar-refractivity contribution in [2.24, 2.45) is 0 Å². The van der Waals surface area contributed by atoms with Crippen molar-refractivity contribution in [3.63, 3.8) is 0 Å². The lowest BCUT2D eigenvalue weighted by Crippen LogP contribution is -2.36. The molecule has 2 N–H and O–H groups in total. The van der Waals surface area contributed by atoms with Gasteiger partial charge < -0.3 is 15.2 Å². The van der Waals surface area contributed by atoms with E-state index >= 15 is 0 Å². The van der Waals surface area contributed by atoms with E-state index < -0.39 is 35.2 Å². The molecule has 2 aromatic carbocycles. The second-order valence-corrected chi connectivity index (χ2v) is 8.38. The van der Waals surface area contributed by atoms with Gasteiger partial charge in [-0.25, -0.2) is 8.78 Å². The number of nitrogens with zero attached hydrogens (tertiary/aromatic N) is 1. The molecule has 1 saturated heterocycles. The maximum absolute atomic E-state index is 13.7. The highest BCUT2D eigenvalue weighted by atomic mass is 127. The van der Waals surface area contributed by atoms with Crippen molar-refractivity contribution in [2.75, 3.05) is 18.5 Å². The van der Waals surface area contributed by atoms with Crippen molar-refractivity contribution in [2.45, 2.75) is 6.92 Å². The van der Waals surface area contributed by atoms with Gasteiger partial charge in [0, 0.05) is 6.07 Å². The number of carbonyl (C=O) groups excluding carboxylic acids is 3. The summed E-state index contributed by atoms with van der Waals surface area (Å²) in [6.07, 6.45) is 1.45. The summed E-state index contributed by atoms with van der Waals surface area (Å²) in [5.41, 5.74) is 0.255. The second-order valence-electron chi connectivity index (χ2n) is 6.22. The molecule has 31 heavy (non-hydrogen) atoms. The van der Waals surface area contributed by atoms with Crippen molar-refractivity contribution >= 4 is 63.2 Å². The molecule has 3 amide bonds. The quantitative estimate of drug-likeness (QED) is 0.403. The highest BCUT2D eigenvalue weighted by Gasteiger charge is 2.36. The molecule has 1 aliphatic heterocycles. The zero-order chi connectivity index (χ0) is 22.7.